The van der Waals surface area contributed by atoms with E-state index >= 15 is 0 Å². The molecule has 0 spiro atoms. The lowest BCUT2D eigenvalue weighted by Crippen LogP contribution is -2.22. The first-order valence-electron chi connectivity index (χ1n) is 7.21. The molecule has 1 unspecified atom stereocenters. The van der Waals surface area contributed by atoms with Crippen LogP contribution in [0.5, 0.6) is 5.75 Å². The van der Waals surface area contributed by atoms with Gasteiger partial charge in [0.05, 0.1) is 13.2 Å². The number of benzene rings is 1. The lowest BCUT2D eigenvalue weighted by molar-refractivity contribution is 0.161. The van der Waals surface area contributed by atoms with Crippen molar-refractivity contribution in [2.24, 2.45) is 0 Å². The van der Waals surface area contributed by atoms with Crippen LogP contribution in [0.25, 0.3) is 0 Å². The highest BCUT2D eigenvalue weighted by Crippen LogP contribution is 2.26. The van der Waals surface area contributed by atoms with E-state index in [1.165, 1.54) is 0 Å². The van der Waals surface area contributed by atoms with Gasteiger partial charge in [0.1, 0.15) is 23.9 Å². The zero-order valence-electron chi connectivity index (χ0n) is 12.9. The lowest BCUT2D eigenvalue weighted by atomic mass is 10.0. The zero-order valence-corrected chi connectivity index (χ0v) is 12.9. The molecule has 0 fully saturated rings. The summed E-state index contributed by atoms with van der Waals surface area (Å²) in [5.41, 5.74) is 1.16. The lowest BCUT2D eigenvalue weighted by Gasteiger charge is -2.17. The van der Waals surface area contributed by atoms with E-state index in [4.69, 9.17) is 13.9 Å². The Morgan fingerprint density at radius 1 is 1.14 bits per heavy atom. The van der Waals surface area contributed by atoms with Crippen molar-refractivity contribution in [2.75, 3.05) is 20.8 Å². The number of nitrogens with one attached hydrogen (secondary N) is 1. The molecule has 1 aromatic heterocycles. The highest BCUT2D eigenvalue weighted by Gasteiger charge is 2.17. The molecule has 1 atom stereocenters. The first-order chi connectivity index (χ1) is 10.3. The SMILES string of the molecule is CCNC(Cc1ccccc1OC)c1ccc(COC)o1. The summed E-state index contributed by atoms with van der Waals surface area (Å²) in [6, 6.07) is 12.2. The first kappa shape index (κ1) is 15.6. The van der Waals surface area contributed by atoms with E-state index in [9.17, 15) is 0 Å². The highest BCUT2D eigenvalue weighted by molar-refractivity contribution is 5.34. The molecular formula is C17H23NO3. The van der Waals surface area contributed by atoms with Crippen LogP contribution in [0, 0.1) is 0 Å². The normalized spacial score (nSPS) is 12.3. The van der Waals surface area contributed by atoms with E-state index in [0.29, 0.717) is 6.61 Å². The van der Waals surface area contributed by atoms with Crippen molar-refractivity contribution in [3.05, 3.63) is 53.5 Å². The van der Waals surface area contributed by atoms with E-state index in [2.05, 4.69) is 18.3 Å². The quantitative estimate of drug-likeness (QED) is 0.809. The van der Waals surface area contributed by atoms with Crippen LogP contribution in [0.15, 0.2) is 40.8 Å². The summed E-state index contributed by atoms with van der Waals surface area (Å²) >= 11 is 0. The molecule has 1 heterocycles. The van der Waals surface area contributed by atoms with Gasteiger partial charge in [0.15, 0.2) is 0 Å². The minimum absolute atomic E-state index is 0.122. The van der Waals surface area contributed by atoms with E-state index in [1.54, 1.807) is 14.2 Å². The van der Waals surface area contributed by atoms with Crippen LogP contribution in [-0.4, -0.2) is 20.8 Å². The molecule has 1 aromatic carbocycles. The van der Waals surface area contributed by atoms with Crippen molar-refractivity contribution >= 4 is 0 Å². The summed E-state index contributed by atoms with van der Waals surface area (Å²) < 4.78 is 16.4. The van der Waals surface area contributed by atoms with Gasteiger partial charge in [-0.25, -0.2) is 0 Å². The van der Waals surface area contributed by atoms with Crippen LogP contribution >= 0.6 is 0 Å². The third kappa shape index (κ3) is 4.09. The Morgan fingerprint density at radius 2 is 1.95 bits per heavy atom. The molecule has 2 aromatic rings. The Morgan fingerprint density at radius 3 is 2.67 bits per heavy atom. The standard InChI is InChI=1S/C17H23NO3/c1-4-18-15(17-10-9-14(21-17)12-19-2)11-13-7-5-6-8-16(13)20-3/h5-10,15,18H,4,11-12H2,1-3H3. The van der Waals surface area contributed by atoms with E-state index < -0.39 is 0 Å². The number of methoxy groups -OCH3 is 2. The van der Waals surface area contributed by atoms with Gasteiger partial charge in [0.2, 0.25) is 0 Å². The van der Waals surface area contributed by atoms with Crippen LogP contribution in [0.2, 0.25) is 0 Å². The molecule has 0 aliphatic carbocycles. The summed E-state index contributed by atoms with van der Waals surface area (Å²) in [5.74, 6) is 2.68. The van der Waals surface area contributed by atoms with E-state index in [-0.39, 0.29) is 6.04 Å². The van der Waals surface area contributed by atoms with E-state index in [1.807, 2.05) is 30.3 Å². The molecule has 114 valence electrons. The van der Waals surface area contributed by atoms with Gasteiger partial charge >= 0.3 is 0 Å². The predicted octanol–water partition coefficient (Wildman–Crippen LogP) is 3.33. The molecule has 0 bridgehead atoms. The fourth-order valence-electron chi connectivity index (χ4n) is 2.41. The molecule has 21 heavy (non-hydrogen) atoms. The van der Waals surface area contributed by atoms with Crippen molar-refractivity contribution in [2.45, 2.75) is 26.0 Å². The molecule has 4 heteroatoms. The van der Waals surface area contributed by atoms with Crippen molar-refractivity contribution < 1.29 is 13.9 Å². The molecule has 0 aliphatic heterocycles. The fourth-order valence-corrected chi connectivity index (χ4v) is 2.41. The zero-order chi connectivity index (χ0) is 15.1. The number of furan rings is 1. The van der Waals surface area contributed by atoms with Crippen molar-refractivity contribution in [3.8, 4) is 5.75 Å². The monoisotopic (exact) mass is 289 g/mol. The Hall–Kier alpha value is -1.78. The first-order valence-corrected chi connectivity index (χ1v) is 7.21. The number of ether oxygens (including phenoxy) is 2. The highest BCUT2D eigenvalue weighted by atomic mass is 16.5. The van der Waals surface area contributed by atoms with Crippen LogP contribution in [0.3, 0.4) is 0 Å². The van der Waals surface area contributed by atoms with Gasteiger partial charge in [-0.15, -0.1) is 0 Å². The van der Waals surface area contributed by atoms with Crippen LogP contribution in [0.1, 0.15) is 30.0 Å². The largest absolute Gasteiger partial charge is 0.496 e. The minimum atomic E-state index is 0.122. The molecule has 0 aliphatic rings. The average molecular weight is 289 g/mol. The summed E-state index contributed by atoms with van der Waals surface area (Å²) in [6.45, 7) is 3.46. The smallest absolute Gasteiger partial charge is 0.129 e. The summed E-state index contributed by atoms with van der Waals surface area (Å²) in [5, 5.41) is 3.46. The van der Waals surface area contributed by atoms with Crippen LogP contribution < -0.4 is 10.1 Å². The summed E-state index contributed by atoms with van der Waals surface area (Å²) in [4.78, 5) is 0. The van der Waals surface area contributed by atoms with Gasteiger partial charge in [0.25, 0.3) is 0 Å². The third-order valence-electron chi connectivity index (χ3n) is 3.38. The van der Waals surface area contributed by atoms with Gasteiger partial charge in [0, 0.05) is 7.11 Å². The molecule has 0 amide bonds. The number of rotatable bonds is 8. The molecule has 1 N–H and O–H groups in total. The number of likely N-dealkylation sites (N-methyl/N-ethyl adjacent to an activating group) is 1. The summed E-state index contributed by atoms with van der Waals surface area (Å²) in [6.07, 6.45) is 0.817. The van der Waals surface area contributed by atoms with E-state index in [0.717, 1.165) is 35.8 Å². The van der Waals surface area contributed by atoms with Crippen LogP contribution in [0.4, 0.5) is 0 Å². The number of para-hydroxylation sites is 1. The second-order valence-electron chi connectivity index (χ2n) is 4.86. The van der Waals surface area contributed by atoms with Gasteiger partial charge in [-0.2, -0.15) is 0 Å². The van der Waals surface area contributed by atoms with Crippen molar-refractivity contribution in [1.82, 2.24) is 5.32 Å². The molecular weight excluding hydrogens is 266 g/mol. The predicted molar refractivity (Wildman–Crippen MR) is 82.5 cm³/mol. The average Bonchev–Trinajstić information content (AvgIpc) is 2.96. The molecule has 0 radical (unpaired) electrons. The molecule has 4 nitrogen and oxygen atoms in total. The molecule has 0 saturated carbocycles. The van der Waals surface area contributed by atoms with Gasteiger partial charge in [-0.3, -0.25) is 0 Å². The summed E-state index contributed by atoms with van der Waals surface area (Å²) in [7, 11) is 3.36. The maximum atomic E-state index is 5.86. The third-order valence-corrected chi connectivity index (χ3v) is 3.38. The minimum Gasteiger partial charge on any atom is -0.496 e. The van der Waals surface area contributed by atoms with Gasteiger partial charge in [-0.05, 0) is 36.7 Å². The van der Waals surface area contributed by atoms with Crippen molar-refractivity contribution in [3.63, 3.8) is 0 Å². The van der Waals surface area contributed by atoms with Gasteiger partial charge < -0.3 is 19.2 Å². The maximum Gasteiger partial charge on any atom is 0.129 e. The second-order valence-corrected chi connectivity index (χ2v) is 4.86. The Balaban J connectivity index is 2.17. The topological polar surface area (TPSA) is 43.6 Å². The van der Waals surface area contributed by atoms with Crippen LogP contribution in [-0.2, 0) is 17.8 Å². The Labute approximate surface area is 126 Å². The number of hydrogen-bond donors (Lipinski definition) is 1. The maximum absolute atomic E-state index is 5.86. The van der Waals surface area contributed by atoms with Gasteiger partial charge in [-0.1, -0.05) is 25.1 Å². The fraction of sp³-hybridized carbons (Fsp3) is 0.412. The number of hydrogen-bond acceptors (Lipinski definition) is 4. The Kier molecular flexibility index (Phi) is 5.84. The molecule has 2 rings (SSSR count). The Bertz CT molecular complexity index is 550. The molecule has 0 saturated heterocycles. The second kappa shape index (κ2) is 7.86. The van der Waals surface area contributed by atoms with Crippen molar-refractivity contribution in [1.29, 1.82) is 0 Å².